The van der Waals surface area contributed by atoms with E-state index in [1.54, 1.807) is 56.9 Å². The number of carbonyl (C=O) groups excluding carboxylic acids is 5. The Labute approximate surface area is 506 Å². The maximum Gasteiger partial charge on any atom is 0.420 e. The fourth-order valence-corrected chi connectivity index (χ4v) is 13.9. The van der Waals surface area contributed by atoms with E-state index in [4.69, 9.17) is 28.9 Å². The number of halogens is 3. The van der Waals surface area contributed by atoms with E-state index in [1.807, 2.05) is 40.1 Å². The molecular formula is C63H71F3N10O9SSi. The van der Waals surface area contributed by atoms with Gasteiger partial charge in [0.05, 0.1) is 47.3 Å². The van der Waals surface area contributed by atoms with Gasteiger partial charge in [-0.3, -0.25) is 44.0 Å². The minimum atomic E-state index is -4.92. The van der Waals surface area contributed by atoms with E-state index in [1.165, 1.54) is 47.6 Å². The van der Waals surface area contributed by atoms with Gasteiger partial charge >= 0.3 is 12.1 Å². The maximum atomic E-state index is 15.7. The first-order valence-electron chi connectivity index (χ1n) is 29.3. The van der Waals surface area contributed by atoms with Gasteiger partial charge in [-0.15, -0.1) is 0 Å². The SMILES string of the molecule is COc1c(NC(=O)CN2CCC3(CC2)CC(Oc2cccc(-c4ccc(N5CCc6ccnc(C(=O)N(COCC[Si](C)(C)C)c7nc8ccccc8s7)c6C5)nc4C(=O)OC(C)(C)C)c2C(F)(F)F)C3)ccc2c(C3CCC(=O)NC3=O)nn(C)c12. The molecular weight excluding hydrogens is 1160 g/mol. The number of aryl methyl sites for hydroxylation is 1. The van der Waals surface area contributed by atoms with Crippen LogP contribution in [0.15, 0.2) is 79.0 Å². The largest absolute Gasteiger partial charge is 0.492 e. The molecule has 4 amide bonds. The Morgan fingerprint density at radius 1 is 0.908 bits per heavy atom. The number of nitrogens with zero attached hydrogens (tertiary/aromatic N) is 8. The van der Waals surface area contributed by atoms with E-state index in [-0.39, 0.29) is 71.7 Å². The third-order valence-electron chi connectivity index (χ3n) is 16.7. The molecule has 24 heteroatoms. The molecule has 4 aliphatic rings. The number of thiazole rings is 1. The first-order valence-corrected chi connectivity index (χ1v) is 33.8. The number of esters is 1. The van der Waals surface area contributed by atoms with E-state index < -0.39 is 55.2 Å². The lowest BCUT2D eigenvalue weighted by molar-refractivity contribution is -0.140. The van der Waals surface area contributed by atoms with Crippen molar-refractivity contribution in [1.29, 1.82) is 0 Å². The predicted molar refractivity (Wildman–Crippen MR) is 327 cm³/mol. The predicted octanol–water partition coefficient (Wildman–Crippen LogP) is 10.9. The van der Waals surface area contributed by atoms with Gasteiger partial charge in [0.15, 0.2) is 16.6 Å². The van der Waals surface area contributed by atoms with Crippen molar-refractivity contribution in [1.82, 2.24) is 34.9 Å². The molecule has 0 radical (unpaired) electrons. The van der Waals surface area contributed by atoms with Crippen LogP contribution in [0.25, 0.3) is 32.2 Å². The molecule has 19 nitrogen and oxygen atoms in total. The van der Waals surface area contributed by atoms with Crippen LogP contribution >= 0.6 is 11.3 Å². The van der Waals surface area contributed by atoms with E-state index in [0.29, 0.717) is 109 Å². The molecule has 2 N–H and O–H groups in total. The second-order valence-corrected chi connectivity index (χ2v) is 31.9. The number of anilines is 3. The minimum absolute atomic E-state index is 0.0389. The minimum Gasteiger partial charge on any atom is -0.492 e. The fourth-order valence-electron chi connectivity index (χ4n) is 12.2. The Hall–Kier alpha value is -7.80. The van der Waals surface area contributed by atoms with Crippen LogP contribution in [0.3, 0.4) is 0 Å². The fraction of sp³-hybridized carbons (Fsp3) is 0.444. The number of pyridine rings is 2. The smallest absolute Gasteiger partial charge is 0.420 e. The van der Waals surface area contributed by atoms with Crippen molar-refractivity contribution < 1.29 is 56.1 Å². The van der Waals surface area contributed by atoms with Crippen LogP contribution in [0.1, 0.15) is 109 Å². The summed E-state index contributed by atoms with van der Waals surface area (Å²) in [5.41, 5.74) is 1.11. The second-order valence-electron chi connectivity index (χ2n) is 25.3. The summed E-state index contributed by atoms with van der Waals surface area (Å²) in [6, 6.07) is 21.1. The molecule has 2 saturated heterocycles. The normalized spacial score (nSPS) is 17.5. The number of likely N-dealkylation sites (tertiary alicyclic amines) is 1. The molecule has 1 unspecified atom stereocenters. The zero-order valence-corrected chi connectivity index (χ0v) is 51.9. The standard InChI is InChI=1S/C63H71F3N10O9SSi/c1-61(2,3)85-59(81)54-40(17-20-48(70-54)75-27-23-37-22-26-67-53(43(37)34-75)58(80)76(36-83-30-31-87(6,7)8)60-69-44-13-9-10-15-47(44)86-60)39-12-11-14-46(51(39)63(64,65)66)84-38-32-62(33-38)24-28-74(29-25-62)35-50(78)68-45-19-16-41-52(42-18-21-49(77)71-57(42)79)72-73(4)55(41)56(45)82-5/h9-17,19-20,22,26,38,42H,18,21,23-25,27-36H2,1-8H3,(H,68,78)(H,71,77,79). The van der Waals surface area contributed by atoms with Crippen molar-refractivity contribution in [2.75, 3.05) is 61.7 Å². The lowest BCUT2D eigenvalue weighted by Gasteiger charge is -2.51. The number of carbonyl (C=O) groups is 5. The molecule has 458 valence electrons. The third kappa shape index (κ3) is 13.1. The number of aromatic nitrogens is 5. The zero-order valence-electron chi connectivity index (χ0n) is 50.1. The Balaban J connectivity index is 0.781. The molecule has 3 fully saturated rings. The molecule has 1 aliphatic carbocycles. The topological polar surface area (TPSA) is 213 Å². The summed E-state index contributed by atoms with van der Waals surface area (Å²) in [5.74, 6) is -2.59. The molecule has 11 rings (SSSR count). The Morgan fingerprint density at radius 2 is 1.68 bits per heavy atom. The second kappa shape index (κ2) is 24.1. The average Bonchev–Trinajstić information content (AvgIpc) is 1.77. The van der Waals surface area contributed by atoms with Gasteiger partial charge < -0.3 is 29.2 Å². The molecule has 7 heterocycles. The summed E-state index contributed by atoms with van der Waals surface area (Å²) < 4.78 is 73.6. The zero-order chi connectivity index (χ0) is 61.7. The van der Waals surface area contributed by atoms with Crippen molar-refractivity contribution in [3.8, 4) is 22.6 Å². The highest BCUT2D eigenvalue weighted by molar-refractivity contribution is 7.22. The summed E-state index contributed by atoms with van der Waals surface area (Å²) in [4.78, 5) is 87.0. The van der Waals surface area contributed by atoms with Crippen LogP contribution in [-0.4, -0.2) is 126 Å². The summed E-state index contributed by atoms with van der Waals surface area (Å²) in [6.45, 7) is 14.1. The molecule has 3 aliphatic heterocycles. The van der Waals surface area contributed by atoms with E-state index >= 15 is 13.2 Å². The van der Waals surface area contributed by atoms with E-state index in [0.717, 1.165) is 21.8 Å². The van der Waals surface area contributed by atoms with Gasteiger partial charge in [0, 0.05) is 69.5 Å². The third-order valence-corrected chi connectivity index (χ3v) is 19.4. The molecule has 7 aromatic rings. The first-order chi connectivity index (χ1) is 41.3. The Bertz CT molecular complexity index is 3790. The number of piperidine rings is 2. The molecule has 0 bridgehead atoms. The Morgan fingerprint density at radius 3 is 2.39 bits per heavy atom. The van der Waals surface area contributed by atoms with E-state index in [9.17, 15) is 24.0 Å². The monoisotopic (exact) mass is 1230 g/mol. The number of methoxy groups -OCH3 is 1. The van der Waals surface area contributed by atoms with Crippen LogP contribution in [0, 0.1) is 5.41 Å². The number of benzene rings is 3. The Kier molecular flexibility index (Phi) is 16.8. The van der Waals surface area contributed by atoms with Crippen molar-refractivity contribution in [3.05, 3.63) is 113 Å². The molecule has 3 aromatic carbocycles. The number of rotatable bonds is 17. The van der Waals surface area contributed by atoms with Gasteiger partial charge in [-0.1, -0.05) is 55.2 Å². The van der Waals surface area contributed by atoms with Crippen LogP contribution < -0.4 is 29.9 Å². The number of para-hydroxylation sites is 1. The number of alkyl halides is 3. The number of nitrogens with one attached hydrogen (secondary N) is 2. The van der Waals surface area contributed by atoms with Gasteiger partial charge in [0.2, 0.25) is 17.7 Å². The van der Waals surface area contributed by atoms with Gasteiger partial charge in [0.25, 0.3) is 5.91 Å². The van der Waals surface area contributed by atoms with Gasteiger partial charge in [0.1, 0.15) is 40.7 Å². The highest BCUT2D eigenvalue weighted by atomic mass is 32.1. The lowest BCUT2D eigenvalue weighted by atomic mass is 9.61. The lowest BCUT2D eigenvalue weighted by Crippen LogP contribution is -2.52. The number of hydrogen-bond donors (Lipinski definition) is 2. The van der Waals surface area contributed by atoms with Crippen molar-refractivity contribution in [3.63, 3.8) is 0 Å². The van der Waals surface area contributed by atoms with Crippen LogP contribution in [0.5, 0.6) is 11.5 Å². The summed E-state index contributed by atoms with van der Waals surface area (Å²) in [6.07, 6.45) is -0.343. The van der Waals surface area contributed by atoms with Crippen LogP contribution in [-0.2, 0) is 50.0 Å². The van der Waals surface area contributed by atoms with E-state index in [2.05, 4.69) is 40.4 Å². The number of hydrogen-bond acceptors (Lipinski definition) is 16. The molecule has 87 heavy (non-hydrogen) atoms. The number of ether oxygens (including phenoxy) is 4. The number of imide groups is 1. The quantitative estimate of drug-likeness (QED) is 0.0285. The number of fused-ring (bicyclic) bond motifs is 3. The summed E-state index contributed by atoms with van der Waals surface area (Å²) >= 11 is 1.38. The first kappa shape index (κ1) is 60.9. The molecule has 1 spiro atoms. The maximum absolute atomic E-state index is 15.7. The average molecular weight is 1230 g/mol. The molecule has 1 saturated carbocycles. The van der Waals surface area contributed by atoms with Crippen molar-refractivity contribution >= 4 is 86.8 Å². The van der Waals surface area contributed by atoms with Crippen molar-refractivity contribution in [2.45, 2.75) is 122 Å². The highest BCUT2D eigenvalue weighted by Crippen LogP contribution is 2.52. The summed E-state index contributed by atoms with van der Waals surface area (Å²) in [5, 5.41) is 11.1. The highest BCUT2D eigenvalue weighted by Gasteiger charge is 2.49. The van der Waals surface area contributed by atoms with Gasteiger partial charge in [-0.2, -0.15) is 18.3 Å². The summed E-state index contributed by atoms with van der Waals surface area (Å²) in [7, 11) is 1.76. The van der Waals surface area contributed by atoms with Crippen LogP contribution in [0.4, 0.5) is 29.8 Å². The van der Waals surface area contributed by atoms with Crippen LogP contribution in [0.2, 0.25) is 25.7 Å². The van der Waals surface area contributed by atoms with Crippen molar-refractivity contribution in [2.24, 2.45) is 12.5 Å². The van der Waals surface area contributed by atoms with Gasteiger partial charge in [-0.25, -0.2) is 14.8 Å². The molecule has 1 atom stereocenters. The van der Waals surface area contributed by atoms with Gasteiger partial charge in [-0.05, 0) is 138 Å². The molecule has 4 aromatic heterocycles. The number of amides is 4.